The normalized spacial score (nSPS) is 26.6. The number of hydrogen-bond acceptors (Lipinski definition) is 8. The van der Waals surface area contributed by atoms with E-state index in [2.05, 4.69) is 30.8 Å². The van der Waals surface area contributed by atoms with Crippen molar-refractivity contribution in [1.29, 1.82) is 0 Å². The monoisotopic (exact) mass is 646 g/mol. The second kappa shape index (κ2) is 11.5. The quantitative estimate of drug-likeness (QED) is 0.226. The molecule has 0 spiro atoms. The molecule has 9 heteroatoms. The van der Waals surface area contributed by atoms with Crippen LogP contribution in [0.4, 0.5) is 0 Å². The van der Waals surface area contributed by atoms with E-state index in [1.807, 2.05) is 30.3 Å². The van der Waals surface area contributed by atoms with E-state index in [0.29, 0.717) is 58.4 Å². The summed E-state index contributed by atoms with van der Waals surface area (Å²) >= 11 is 0. The van der Waals surface area contributed by atoms with Crippen molar-refractivity contribution in [3.63, 3.8) is 0 Å². The maximum absolute atomic E-state index is 14.5. The molecule has 0 fully saturated rings. The lowest BCUT2D eigenvalue weighted by atomic mass is 9.54. The van der Waals surface area contributed by atoms with Gasteiger partial charge in [0.15, 0.2) is 11.2 Å². The summed E-state index contributed by atoms with van der Waals surface area (Å²) in [5.74, 6) is 4.79. The first kappa shape index (κ1) is 31.4. The molecule has 2 N–H and O–H groups in total. The molecule has 7 rings (SSSR count). The second-order valence-corrected chi connectivity index (χ2v) is 13.0. The van der Waals surface area contributed by atoms with Gasteiger partial charge in [0.2, 0.25) is 0 Å². The van der Waals surface area contributed by atoms with Gasteiger partial charge in [0, 0.05) is 29.0 Å². The molecule has 0 amide bonds. The average Bonchev–Trinajstić information content (AvgIpc) is 3.51. The van der Waals surface area contributed by atoms with Gasteiger partial charge >= 0.3 is 0 Å². The molecule has 1 aliphatic heterocycles. The molecular formula is C39H38N2O7. The number of aromatic amines is 1. The first-order valence-corrected chi connectivity index (χ1v) is 15.9. The predicted octanol–water partition coefficient (Wildman–Crippen LogP) is 5.95. The highest BCUT2D eigenvalue weighted by Gasteiger charge is 2.78. The second-order valence-electron chi connectivity index (χ2n) is 13.0. The van der Waals surface area contributed by atoms with Gasteiger partial charge in [0.05, 0.1) is 49.8 Å². The molecule has 3 aliphatic rings. The van der Waals surface area contributed by atoms with Gasteiger partial charge in [-0.3, -0.25) is 4.79 Å². The number of allylic oxidation sites excluding steroid dienone is 2. The van der Waals surface area contributed by atoms with Crippen LogP contribution in [0.15, 0.2) is 83.4 Å². The third-order valence-electron chi connectivity index (χ3n) is 10.4. The lowest BCUT2D eigenvalue weighted by Crippen LogP contribution is -2.63. The van der Waals surface area contributed by atoms with Gasteiger partial charge < -0.3 is 33.8 Å². The van der Waals surface area contributed by atoms with Gasteiger partial charge in [0.25, 0.3) is 5.56 Å². The fourth-order valence-electron chi connectivity index (χ4n) is 8.41. The maximum Gasteiger partial charge on any atom is 0.255 e. The summed E-state index contributed by atoms with van der Waals surface area (Å²) in [5, 5.41) is 13.8. The lowest BCUT2D eigenvalue weighted by Gasteiger charge is -2.53. The summed E-state index contributed by atoms with van der Waals surface area (Å²) in [6, 6.07) is 20.3. The van der Waals surface area contributed by atoms with E-state index < -0.39 is 22.5 Å². The highest BCUT2D eigenvalue weighted by molar-refractivity contribution is 5.69. The Labute approximate surface area is 279 Å². The van der Waals surface area contributed by atoms with Crippen LogP contribution in [0.2, 0.25) is 0 Å². The minimum absolute atomic E-state index is 0.00765. The molecule has 48 heavy (non-hydrogen) atoms. The molecule has 3 aromatic carbocycles. The number of benzene rings is 3. The van der Waals surface area contributed by atoms with Crippen LogP contribution < -0.4 is 24.5 Å². The molecule has 2 unspecified atom stereocenters. The molecule has 1 aromatic heterocycles. The summed E-state index contributed by atoms with van der Waals surface area (Å²) in [4.78, 5) is 22.7. The molecule has 0 saturated carbocycles. The van der Waals surface area contributed by atoms with E-state index in [1.54, 1.807) is 57.7 Å². The van der Waals surface area contributed by atoms with Crippen molar-refractivity contribution in [3.05, 3.63) is 111 Å². The Hall–Kier alpha value is -5.20. The van der Waals surface area contributed by atoms with Crippen LogP contribution in [0.1, 0.15) is 55.0 Å². The van der Waals surface area contributed by atoms with Crippen LogP contribution in [0.25, 0.3) is 11.4 Å². The van der Waals surface area contributed by atoms with Crippen LogP contribution in [0, 0.1) is 23.7 Å². The Balaban J connectivity index is 1.56. The minimum atomic E-state index is -1.93. The average molecular weight is 647 g/mol. The smallest absolute Gasteiger partial charge is 0.255 e. The molecule has 0 bridgehead atoms. The summed E-state index contributed by atoms with van der Waals surface area (Å²) in [7, 11) is 4.79. The number of terminal acetylenes is 1. The van der Waals surface area contributed by atoms with E-state index in [1.165, 1.54) is 0 Å². The first-order valence-electron chi connectivity index (χ1n) is 15.9. The zero-order chi connectivity index (χ0) is 33.8. The summed E-state index contributed by atoms with van der Waals surface area (Å²) in [6.07, 6.45) is 8.54. The molecule has 246 valence electrons. The first-order chi connectivity index (χ1) is 23.1. The third-order valence-corrected chi connectivity index (χ3v) is 10.4. The minimum Gasteiger partial charge on any atom is -0.501 e. The van der Waals surface area contributed by atoms with E-state index in [-0.39, 0.29) is 23.8 Å². The number of rotatable bonds is 8. The van der Waals surface area contributed by atoms with Crippen molar-refractivity contribution < 1.29 is 28.8 Å². The summed E-state index contributed by atoms with van der Waals surface area (Å²) in [6.45, 7) is 4.36. The van der Waals surface area contributed by atoms with Crippen molar-refractivity contribution in [1.82, 2.24) is 9.97 Å². The molecule has 4 aromatic rings. The highest BCUT2D eigenvalue weighted by atomic mass is 16.5. The number of nitrogens with one attached hydrogen (secondary N) is 1. The standard InChI is InChI=1S/C39H38N2O7/c1-7-19-47-26-15-13-25(14-16-26)35-40-34-31(36(42)41-35)32(24-11-9-8-10-12-24)39(37(3)18-17-28(45-5)23(2)22-37)38(34,43)33-29(46-6)20-27(44-4)21-30(33)48-39/h1,8-17,20-21,23,32,43H,18-19,22H2,2-6H3,(H,40,41,42)/t23?,32-,37?,38+,39-/m1/s1. The Morgan fingerprint density at radius 3 is 2.44 bits per heavy atom. The Kier molecular flexibility index (Phi) is 7.52. The summed E-state index contributed by atoms with van der Waals surface area (Å²) in [5.41, 5.74) is -2.06. The summed E-state index contributed by atoms with van der Waals surface area (Å²) < 4.78 is 30.1. The van der Waals surface area contributed by atoms with E-state index >= 15 is 0 Å². The fourth-order valence-corrected chi connectivity index (χ4v) is 8.41. The SMILES string of the molecule is C#CCOc1ccc(-c2nc3c(c(=O)[nH]2)[C@@H](c2ccccc2)[C@]2(C4(C)CC=C(OC)C(C)C4)Oc4cc(OC)cc(OC)c4[C@]32O)cc1. The van der Waals surface area contributed by atoms with Crippen molar-refractivity contribution >= 4 is 0 Å². The molecule has 0 saturated heterocycles. The number of methoxy groups -OCH3 is 3. The molecule has 9 nitrogen and oxygen atoms in total. The number of H-pyrrole nitrogens is 1. The Morgan fingerprint density at radius 2 is 1.79 bits per heavy atom. The van der Waals surface area contributed by atoms with Gasteiger partial charge in [-0.15, -0.1) is 6.42 Å². The number of hydrogen-bond donors (Lipinski definition) is 2. The Morgan fingerprint density at radius 1 is 1.04 bits per heavy atom. The lowest BCUT2D eigenvalue weighted by molar-refractivity contribution is -0.166. The number of nitrogens with zero attached hydrogens (tertiary/aromatic N) is 1. The van der Waals surface area contributed by atoms with Crippen LogP contribution in [-0.4, -0.2) is 48.6 Å². The van der Waals surface area contributed by atoms with Crippen LogP contribution >= 0.6 is 0 Å². The van der Waals surface area contributed by atoms with Gasteiger partial charge in [-0.05, 0) is 48.7 Å². The molecular weight excluding hydrogens is 608 g/mol. The van der Waals surface area contributed by atoms with E-state index in [9.17, 15) is 9.90 Å². The topological polar surface area (TPSA) is 112 Å². The van der Waals surface area contributed by atoms with E-state index in [0.717, 1.165) is 11.3 Å². The largest absolute Gasteiger partial charge is 0.501 e. The zero-order valence-electron chi connectivity index (χ0n) is 27.6. The molecule has 0 radical (unpaired) electrons. The molecule has 5 atom stereocenters. The number of fused-ring (bicyclic) bond motifs is 5. The zero-order valence-corrected chi connectivity index (χ0v) is 27.6. The number of aliphatic hydroxyl groups is 1. The van der Waals surface area contributed by atoms with Gasteiger partial charge in [-0.1, -0.05) is 50.1 Å². The van der Waals surface area contributed by atoms with Crippen molar-refractivity contribution in [2.45, 2.75) is 43.8 Å². The van der Waals surface area contributed by atoms with Crippen LogP contribution in [0.3, 0.4) is 0 Å². The maximum atomic E-state index is 14.5. The highest BCUT2D eigenvalue weighted by Crippen LogP contribution is 2.72. The van der Waals surface area contributed by atoms with Gasteiger partial charge in [-0.25, -0.2) is 4.98 Å². The van der Waals surface area contributed by atoms with Gasteiger partial charge in [-0.2, -0.15) is 0 Å². The molecule has 2 aliphatic carbocycles. The van der Waals surface area contributed by atoms with Crippen molar-refractivity contribution in [2.75, 3.05) is 27.9 Å². The third kappa shape index (κ3) is 4.29. The van der Waals surface area contributed by atoms with E-state index in [4.69, 9.17) is 35.1 Å². The predicted molar refractivity (Wildman–Crippen MR) is 180 cm³/mol. The van der Waals surface area contributed by atoms with Crippen molar-refractivity contribution in [2.24, 2.45) is 11.3 Å². The van der Waals surface area contributed by atoms with Crippen molar-refractivity contribution in [3.8, 4) is 46.7 Å². The fraction of sp³-hybridized carbons (Fsp3) is 0.333. The number of ether oxygens (including phenoxy) is 5. The molecule has 2 heterocycles. The van der Waals surface area contributed by atoms with Crippen LogP contribution in [-0.2, 0) is 10.3 Å². The number of aromatic nitrogens is 2. The van der Waals surface area contributed by atoms with Crippen LogP contribution in [0.5, 0.6) is 23.0 Å². The Bertz CT molecular complexity index is 2020. The van der Waals surface area contributed by atoms with Gasteiger partial charge in [0.1, 0.15) is 35.4 Å².